The number of hydrogen-bond donors (Lipinski definition) is 3. The number of benzene rings is 1. The number of carbonyl (C=O) groups excluding carboxylic acids is 2. The Morgan fingerprint density at radius 1 is 1.27 bits per heavy atom. The van der Waals surface area contributed by atoms with Gasteiger partial charge in [0.1, 0.15) is 0 Å². The minimum atomic E-state index is -0.520. The molecule has 0 bridgehead atoms. The number of hydrogen-bond acceptors (Lipinski definition) is 4. The smallest absolute Gasteiger partial charge is 0.318 e. The largest absolute Gasteiger partial charge is 0.331 e. The molecule has 138 valence electrons. The van der Waals surface area contributed by atoms with Gasteiger partial charge < -0.3 is 10.2 Å². The SMILES string of the molecule is CC(NC(=O)N1Cc2cc(C(=O)NO)sc2C(C)(C)C1)c1ccccc1. The highest BCUT2D eigenvalue weighted by molar-refractivity contribution is 7.14. The van der Waals surface area contributed by atoms with Crippen molar-refractivity contribution in [1.82, 2.24) is 15.7 Å². The molecule has 3 rings (SSSR count). The predicted molar refractivity (Wildman–Crippen MR) is 100 cm³/mol. The molecule has 1 aliphatic heterocycles. The van der Waals surface area contributed by atoms with E-state index in [0.717, 1.165) is 16.0 Å². The fourth-order valence-electron chi connectivity index (χ4n) is 3.34. The average Bonchev–Trinajstić information content (AvgIpc) is 3.06. The maximum absolute atomic E-state index is 12.8. The topological polar surface area (TPSA) is 81.7 Å². The van der Waals surface area contributed by atoms with Gasteiger partial charge in [0, 0.05) is 23.4 Å². The number of nitrogens with zero attached hydrogens (tertiary/aromatic N) is 1. The van der Waals surface area contributed by atoms with E-state index in [0.29, 0.717) is 18.0 Å². The fraction of sp³-hybridized carbons (Fsp3) is 0.368. The quantitative estimate of drug-likeness (QED) is 0.569. The number of hydroxylamine groups is 1. The standard InChI is InChI=1S/C19H23N3O3S/c1-12(13-7-5-4-6-8-13)20-18(24)22-10-14-9-15(17(23)21-25)26-16(14)19(2,3)11-22/h4-9,12,25H,10-11H2,1-3H3,(H,20,24)(H,21,23). The summed E-state index contributed by atoms with van der Waals surface area (Å²) in [5.74, 6) is -0.520. The van der Waals surface area contributed by atoms with Crippen molar-refractivity contribution < 1.29 is 14.8 Å². The minimum absolute atomic E-state index is 0.0913. The molecule has 0 aliphatic carbocycles. The zero-order valence-electron chi connectivity index (χ0n) is 15.1. The van der Waals surface area contributed by atoms with Gasteiger partial charge in [0.25, 0.3) is 5.91 Å². The first-order valence-electron chi connectivity index (χ1n) is 8.50. The molecular formula is C19H23N3O3S. The highest BCUT2D eigenvalue weighted by Gasteiger charge is 2.36. The highest BCUT2D eigenvalue weighted by Crippen LogP contribution is 2.39. The summed E-state index contributed by atoms with van der Waals surface area (Å²) in [5, 5.41) is 11.9. The van der Waals surface area contributed by atoms with Crippen LogP contribution in [0.3, 0.4) is 0 Å². The number of rotatable bonds is 3. The zero-order valence-corrected chi connectivity index (χ0v) is 15.9. The van der Waals surface area contributed by atoms with Crippen LogP contribution in [0.2, 0.25) is 0 Å². The van der Waals surface area contributed by atoms with Gasteiger partial charge in [-0.2, -0.15) is 0 Å². The molecule has 1 aliphatic rings. The van der Waals surface area contributed by atoms with Gasteiger partial charge in [-0.3, -0.25) is 10.0 Å². The molecule has 0 radical (unpaired) electrons. The molecule has 3 N–H and O–H groups in total. The molecule has 2 heterocycles. The molecular weight excluding hydrogens is 350 g/mol. The number of amides is 3. The minimum Gasteiger partial charge on any atom is -0.331 e. The van der Waals surface area contributed by atoms with Crippen LogP contribution in [0.5, 0.6) is 0 Å². The van der Waals surface area contributed by atoms with Crippen LogP contribution in [0.15, 0.2) is 36.4 Å². The number of thiophene rings is 1. The Morgan fingerprint density at radius 3 is 2.62 bits per heavy atom. The molecule has 0 saturated heterocycles. The van der Waals surface area contributed by atoms with Crippen molar-refractivity contribution in [3.63, 3.8) is 0 Å². The van der Waals surface area contributed by atoms with Crippen molar-refractivity contribution in [1.29, 1.82) is 0 Å². The molecule has 0 saturated carbocycles. The summed E-state index contributed by atoms with van der Waals surface area (Å²) in [6, 6.07) is 11.4. The van der Waals surface area contributed by atoms with Gasteiger partial charge in [-0.1, -0.05) is 44.2 Å². The Labute approximate surface area is 156 Å². The Kier molecular flexibility index (Phi) is 5.02. The molecule has 6 nitrogen and oxygen atoms in total. The second kappa shape index (κ2) is 7.09. The first-order chi connectivity index (χ1) is 12.3. The molecule has 1 aromatic carbocycles. The van der Waals surface area contributed by atoms with Crippen LogP contribution in [0.4, 0.5) is 4.79 Å². The third-order valence-electron chi connectivity index (χ3n) is 4.62. The second-order valence-electron chi connectivity index (χ2n) is 7.23. The van der Waals surface area contributed by atoms with Crippen LogP contribution in [0.25, 0.3) is 0 Å². The molecule has 0 spiro atoms. The normalized spacial score (nSPS) is 16.5. The summed E-state index contributed by atoms with van der Waals surface area (Å²) in [7, 11) is 0. The van der Waals surface area contributed by atoms with E-state index in [-0.39, 0.29) is 17.5 Å². The predicted octanol–water partition coefficient (Wildman–Crippen LogP) is 3.43. The maximum atomic E-state index is 12.8. The number of fused-ring (bicyclic) bond motifs is 1. The molecule has 2 aromatic rings. The monoisotopic (exact) mass is 373 g/mol. The van der Waals surface area contributed by atoms with Crippen LogP contribution < -0.4 is 10.8 Å². The maximum Gasteiger partial charge on any atom is 0.318 e. The summed E-state index contributed by atoms with van der Waals surface area (Å²) in [6.07, 6.45) is 0. The fourth-order valence-corrected chi connectivity index (χ4v) is 4.50. The van der Waals surface area contributed by atoms with E-state index in [4.69, 9.17) is 5.21 Å². The lowest BCUT2D eigenvalue weighted by Crippen LogP contribution is -2.48. The molecule has 0 fully saturated rings. The molecule has 1 unspecified atom stereocenters. The molecule has 3 amide bonds. The van der Waals surface area contributed by atoms with Gasteiger partial charge in [0.2, 0.25) is 0 Å². The Bertz CT molecular complexity index is 817. The third-order valence-corrected chi connectivity index (χ3v) is 6.17. The summed E-state index contributed by atoms with van der Waals surface area (Å²) in [6.45, 7) is 7.09. The van der Waals surface area contributed by atoms with E-state index >= 15 is 0 Å². The van der Waals surface area contributed by atoms with Crippen molar-refractivity contribution in [2.24, 2.45) is 0 Å². The lowest BCUT2D eigenvalue weighted by Gasteiger charge is -2.38. The van der Waals surface area contributed by atoms with E-state index in [1.807, 2.05) is 37.3 Å². The summed E-state index contributed by atoms with van der Waals surface area (Å²) in [4.78, 5) is 27.8. The van der Waals surface area contributed by atoms with E-state index in [1.165, 1.54) is 11.3 Å². The highest BCUT2D eigenvalue weighted by atomic mass is 32.1. The number of carbonyl (C=O) groups is 2. The van der Waals surface area contributed by atoms with E-state index in [1.54, 1.807) is 16.4 Å². The van der Waals surface area contributed by atoms with E-state index < -0.39 is 5.91 Å². The summed E-state index contributed by atoms with van der Waals surface area (Å²) < 4.78 is 0. The molecule has 1 aromatic heterocycles. The summed E-state index contributed by atoms with van der Waals surface area (Å²) in [5.41, 5.74) is 3.41. The van der Waals surface area contributed by atoms with Crippen molar-refractivity contribution in [3.05, 3.63) is 57.3 Å². The van der Waals surface area contributed by atoms with Crippen LogP contribution in [-0.2, 0) is 12.0 Å². The molecule has 1 atom stereocenters. The van der Waals surface area contributed by atoms with E-state index in [2.05, 4.69) is 19.2 Å². The van der Waals surface area contributed by atoms with Gasteiger partial charge in [0.05, 0.1) is 10.9 Å². The van der Waals surface area contributed by atoms with Crippen LogP contribution in [0, 0.1) is 0 Å². The molecule has 7 heteroatoms. The average molecular weight is 373 g/mol. The first kappa shape index (κ1) is 18.4. The molecule has 26 heavy (non-hydrogen) atoms. The van der Waals surface area contributed by atoms with Crippen molar-refractivity contribution >= 4 is 23.3 Å². The zero-order chi connectivity index (χ0) is 18.9. The van der Waals surface area contributed by atoms with Gasteiger partial charge in [0.15, 0.2) is 0 Å². The number of nitrogens with one attached hydrogen (secondary N) is 2. The van der Waals surface area contributed by atoms with Gasteiger partial charge >= 0.3 is 6.03 Å². The van der Waals surface area contributed by atoms with Crippen molar-refractivity contribution in [3.8, 4) is 0 Å². The van der Waals surface area contributed by atoms with Crippen molar-refractivity contribution in [2.75, 3.05) is 6.54 Å². The Hall–Kier alpha value is -2.38. The number of urea groups is 1. The first-order valence-corrected chi connectivity index (χ1v) is 9.31. The Balaban J connectivity index is 1.77. The van der Waals surface area contributed by atoms with Gasteiger partial charge in [-0.15, -0.1) is 11.3 Å². The van der Waals surface area contributed by atoms with Gasteiger partial charge in [-0.25, -0.2) is 10.3 Å². The van der Waals surface area contributed by atoms with Crippen LogP contribution >= 0.6 is 11.3 Å². The summed E-state index contributed by atoms with van der Waals surface area (Å²) >= 11 is 1.37. The lowest BCUT2D eigenvalue weighted by atomic mass is 9.85. The van der Waals surface area contributed by atoms with Crippen molar-refractivity contribution in [2.45, 2.75) is 38.8 Å². The van der Waals surface area contributed by atoms with Crippen LogP contribution in [-0.4, -0.2) is 28.6 Å². The second-order valence-corrected chi connectivity index (χ2v) is 8.28. The van der Waals surface area contributed by atoms with Crippen LogP contribution in [0.1, 0.15) is 52.5 Å². The lowest BCUT2D eigenvalue weighted by molar-refractivity contribution is 0.0711. The van der Waals surface area contributed by atoms with E-state index in [9.17, 15) is 9.59 Å². The Morgan fingerprint density at radius 2 is 1.96 bits per heavy atom. The van der Waals surface area contributed by atoms with Gasteiger partial charge in [-0.05, 0) is 24.1 Å². The third kappa shape index (κ3) is 3.59.